The molecule has 1 fully saturated rings. The molecule has 1 saturated carbocycles. The van der Waals surface area contributed by atoms with Crippen LogP contribution in [0, 0.1) is 12.8 Å². The molecule has 7 heteroatoms. The first kappa shape index (κ1) is 22.8. The van der Waals surface area contributed by atoms with Crippen LogP contribution in [-0.4, -0.2) is 55.4 Å². The van der Waals surface area contributed by atoms with Crippen molar-refractivity contribution in [2.75, 3.05) is 27.7 Å². The summed E-state index contributed by atoms with van der Waals surface area (Å²) >= 11 is 0. The van der Waals surface area contributed by atoms with Crippen LogP contribution in [0.2, 0.25) is 0 Å². The van der Waals surface area contributed by atoms with Gasteiger partial charge in [0.05, 0.1) is 6.26 Å². The summed E-state index contributed by atoms with van der Waals surface area (Å²) in [7, 11) is 5.52. The van der Waals surface area contributed by atoms with E-state index in [0.29, 0.717) is 18.5 Å². The number of furan rings is 1. The molecule has 0 aliphatic heterocycles. The van der Waals surface area contributed by atoms with Gasteiger partial charge in [-0.1, -0.05) is 19.8 Å². The summed E-state index contributed by atoms with van der Waals surface area (Å²) in [5.41, 5.74) is 1.13. The van der Waals surface area contributed by atoms with Crippen molar-refractivity contribution in [3.63, 3.8) is 0 Å². The maximum atomic E-state index is 12.0. The monoisotopic (exact) mass is 476 g/mol. The molecule has 2 atom stereocenters. The zero-order chi connectivity index (χ0) is 18.4. The van der Waals surface area contributed by atoms with Crippen LogP contribution in [0.25, 0.3) is 0 Å². The highest BCUT2D eigenvalue weighted by Crippen LogP contribution is 2.24. The van der Waals surface area contributed by atoms with E-state index in [1.165, 1.54) is 19.3 Å². The van der Waals surface area contributed by atoms with Gasteiger partial charge in [0.2, 0.25) is 5.91 Å². The third-order valence-electron chi connectivity index (χ3n) is 5.02. The Morgan fingerprint density at radius 3 is 2.58 bits per heavy atom. The quantitative estimate of drug-likeness (QED) is 0.403. The molecule has 1 aromatic rings. The number of likely N-dealkylation sites (N-methyl/N-ethyl adjacent to an activating group) is 1. The molecule has 0 bridgehead atoms. The van der Waals surface area contributed by atoms with Gasteiger partial charge in [0.1, 0.15) is 12.3 Å². The predicted octanol–water partition coefficient (Wildman–Crippen LogP) is 3.25. The second-order valence-corrected chi connectivity index (χ2v) is 7.30. The normalized spacial score (nSPS) is 20.3. The number of hydrogen-bond donors (Lipinski definition) is 1. The molecular formula is C19H33IN4O2. The van der Waals surface area contributed by atoms with Crippen molar-refractivity contribution in [2.45, 2.75) is 52.1 Å². The minimum absolute atomic E-state index is 0. The highest BCUT2D eigenvalue weighted by Gasteiger charge is 2.23. The molecule has 1 aliphatic rings. The highest BCUT2D eigenvalue weighted by atomic mass is 127. The lowest BCUT2D eigenvalue weighted by Gasteiger charge is -2.33. The molecule has 6 nitrogen and oxygen atoms in total. The van der Waals surface area contributed by atoms with E-state index in [1.807, 2.05) is 20.0 Å². The number of aryl methyl sites for hydroxylation is 1. The standard InChI is InChI=1S/C19H32N4O2.HI/c1-14-8-6-7-9-17(14)21-19(20-12-18(24)22(3)4)23(5)13-16-10-11-25-15(16)2;/h10-11,14,17H,6-9,12-13H2,1-5H3,(H,20,21);1H. The lowest BCUT2D eigenvalue weighted by molar-refractivity contribution is -0.127. The SMILES string of the molecule is Cc1occc1CN(C)C(=NCC(=O)N(C)C)NC1CCCCC1C.I. The average Bonchev–Trinajstić information content (AvgIpc) is 2.97. The topological polar surface area (TPSA) is 61.1 Å². The Labute approximate surface area is 174 Å². The molecular weight excluding hydrogens is 443 g/mol. The van der Waals surface area contributed by atoms with Gasteiger partial charge in [-0.2, -0.15) is 0 Å². The molecule has 0 spiro atoms. The van der Waals surface area contributed by atoms with Gasteiger partial charge in [0.25, 0.3) is 0 Å². The number of amides is 1. The Morgan fingerprint density at radius 2 is 2.00 bits per heavy atom. The fraction of sp³-hybridized carbons (Fsp3) is 0.684. The van der Waals surface area contributed by atoms with Crippen molar-refractivity contribution < 1.29 is 9.21 Å². The first-order valence-corrected chi connectivity index (χ1v) is 9.13. The summed E-state index contributed by atoms with van der Waals surface area (Å²) in [5.74, 6) is 2.33. The Balaban J connectivity index is 0.00000338. The summed E-state index contributed by atoms with van der Waals surface area (Å²) in [6.07, 6.45) is 6.65. The second kappa shape index (κ2) is 10.8. The van der Waals surface area contributed by atoms with Crippen LogP contribution in [0.5, 0.6) is 0 Å². The van der Waals surface area contributed by atoms with Gasteiger partial charge in [0, 0.05) is 39.3 Å². The number of nitrogens with one attached hydrogen (secondary N) is 1. The van der Waals surface area contributed by atoms with Crippen LogP contribution in [-0.2, 0) is 11.3 Å². The van der Waals surface area contributed by atoms with Crippen molar-refractivity contribution in [2.24, 2.45) is 10.9 Å². The molecule has 1 amide bonds. The van der Waals surface area contributed by atoms with Crippen molar-refractivity contribution in [1.29, 1.82) is 0 Å². The molecule has 0 radical (unpaired) electrons. The van der Waals surface area contributed by atoms with Gasteiger partial charge in [-0.3, -0.25) is 4.79 Å². The van der Waals surface area contributed by atoms with E-state index in [0.717, 1.165) is 23.7 Å². The van der Waals surface area contributed by atoms with Crippen LogP contribution >= 0.6 is 24.0 Å². The van der Waals surface area contributed by atoms with Gasteiger partial charge in [-0.05, 0) is 31.7 Å². The van der Waals surface area contributed by atoms with Crippen LogP contribution < -0.4 is 5.32 Å². The van der Waals surface area contributed by atoms with Crippen molar-refractivity contribution >= 4 is 35.8 Å². The van der Waals surface area contributed by atoms with E-state index in [1.54, 1.807) is 25.3 Å². The average molecular weight is 476 g/mol. The number of aliphatic imine (C=N–C) groups is 1. The van der Waals surface area contributed by atoms with Crippen LogP contribution in [0.4, 0.5) is 0 Å². The summed E-state index contributed by atoms with van der Waals surface area (Å²) in [6, 6.07) is 2.40. The zero-order valence-corrected chi connectivity index (χ0v) is 18.9. The molecule has 26 heavy (non-hydrogen) atoms. The van der Waals surface area contributed by atoms with Gasteiger partial charge in [-0.25, -0.2) is 4.99 Å². The number of hydrogen-bond acceptors (Lipinski definition) is 3. The van der Waals surface area contributed by atoms with Crippen LogP contribution in [0.15, 0.2) is 21.7 Å². The third kappa shape index (κ3) is 6.48. The van der Waals surface area contributed by atoms with E-state index in [9.17, 15) is 4.79 Å². The Hall–Kier alpha value is -1.25. The molecule has 1 aromatic heterocycles. The number of halogens is 1. The fourth-order valence-corrected chi connectivity index (χ4v) is 3.16. The van der Waals surface area contributed by atoms with Gasteiger partial charge in [0.15, 0.2) is 5.96 Å². The van der Waals surface area contributed by atoms with Crippen LogP contribution in [0.1, 0.15) is 43.9 Å². The minimum Gasteiger partial charge on any atom is -0.469 e. The summed E-state index contributed by atoms with van der Waals surface area (Å²) in [4.78, 5) is 20.2. The Kier molecular flexibility index (Phi) is 9.46. The molecule has 2 unspecified atom stereocenters. The molecule has 1 heterocycles. The largest absolute Gasteiger partial charge is 0.469 e. The van der Waals surface area contributed by atoms with E-state index >= 15 is 0 Å². The number of carbonyl (C=O) groups excluding carboxylic acids is 1. The van der Waals surface area contributed by atoms with Crippen LogP contribution in [0.3, 0.4) is 0 Å². The van der Waals surface area contributed by atoms with Crippen molar-refractivity contribution in [3.05, 3.63) is 23.7 Å². The molecule has 1 N–H and O–H groups in total. The van der Waals surface area contributed by atoms with Crippen molar-refractivity contribution in [3.8, 4) is 0 Å². The summed E-state index contributed by atoms with van der Waals surface area (Å²) in [5, 5.41) is 3.61. The highest BCUT2D eigenvalue weighted by molar-refractivity contribution is 14.0. The second-order valence-electron chi connectivity index (χ2n) is 7.30. The summed E-state index contributed by atoms with van der Waals surface area (Å²) in [6.45, 7) is 5.11. The summed E-state index contributed by atoms with van der Waals surface area (Å²) < 4.78 is 5.39. The van der Waals surface area contributed by atoms with Crippen molar-refractivity contribution in [1.82, 2.24) is 15.1 Å². The minimum atomic E-state index is 0. The lowest BCUT2D eigenvalue weighted by atomic mass is 9.86. The fourth-order valence-electron chi connectivity index (χ4n) is 3.16. The first-order chi connectivity index (χ1) is 11.9. The third-order valence-corrected chi connectivity index (χ3v) is 5.02. The molecule has 0 aromatic carbocycles. The number of guanidine groups is 1. The zero-order valence-electron chi connectivity index (χ0n) is 16.6. The van der Waals surface area contributed by atoms with E-state index in [2.05, 4.69) is 22.1 Å². The number of nitrogens with zero attached hydrogens (tertiary/aromatic N) is 3. The molecule has 0 saturated heterocycles. The van der Waals surface area contributed by atoms with Gasteiger partial charge in [-0.15, -0.1) is 24.0 Å². The maximum absolute atomic E-state index is 12.0. The maximum Gasteiger partial charge on any atom is 0.243 e. The van der Waals surface area contributed by atoms with Gasteiger partial charge < -0.3 is 19.5 Å². The lowest BCUT2D eigenvalue weighted by Crippen LogP contribution is -2.48. The van der Waals surface area contributed by atoms with Gasteiger partial charge >= 0.3 is 0 Å². The Bertz CT molecular complexity index is 600. The van der Waals surface area contributed by atoms with E-state index < -0.39 is 0 Å². The number of rotatable bonds is 5. The molecule has 148 valence electrons. The predicted molar refractivity (Wildman–Crippen MR) is 116 cm³/mol. The number of carbonyl (C=O) groups is 1. The van der Waals surface area contributed by atoms with E-state index in [-0.39, 0.29) is 36.4 Å². The molecule has 1 aliphatic carbocycles. The first-order valence-electron chi connectivity index (χ1n) is 9.13. The Morgan fingerprint density at radius 1 is 1.31 bits per heavy atom. The smallest absolute Gasteiger partial charge is 0.243 e. The van der Waals surface area contributed by atoms with E-state index in [4.69, 9.17) is 4.42 Å². The molecule has 2 rings (SSSR count).